The van der Waals surface area contributed by atoms with Crippen molar-refractivity contribution in [1.82, 2.24) is 0 Å². The quantitative estimate of drug-likeness (QED) is 0.515. The van der Waals surface area contributed by atoms with E-state index in [0.29, 0.717) is 6.42 Å². The van der Waals surface area contributed by atoms with Crippen LogP contribution in [0.25, 0.3) is 0 Å². The number of benzene rings is 1. The summed E-state index contributed by atoms with van der Waals surface area (Å²) >= 11 is 0. The molecule has 0 spiro atoms. The Balaban J connectivity index is 2.20. The molecule has 0 aromatic heterocycles. The number of rotatable bonds is 6. The van der Waals surface area contributed by atoms with Gasteiger partial charge in [-0.05, 0) is 30.9 Å². The molecule has 2 atom stereocenters. The standard InChI is InChI=1S/C14H19N3O6S/c15-24(22,23)10-5-6-12(13(7-10)17(20)21)16-8-9-3-1-2-4-11(9)14(18)19/h5-7,9,11,16H,1-4,8H2,(H,18,19)(H2,15,22,23)/t9-,11-/m0/s1. The van der Waals surface area contributed by atoms with E-state index in [2.05, 4.69) is 5.32 Å². The van der Waals surface area contributed by atoms with Crippen molar-refractivity contribution in [3.8, 4) is 0 Å². The number of anilines is 1. The van der Waals surface area contributed by atoms with Gasteiger partial charge in [0.2, 0.25) is 10.0 Å². The summed E-state index contributed by atoms with van der Waals surface area (Å²) in [4.78, 5) is 21.4. The Kier molecular flexibility index (Phi) is 5.40. The van der Waals surface area contributed by atoms with Crippen molar-refractivity contribution in [2.24, 2.45) is 17.0 Å². The van der Waals surface area contributed by atoms with Gasteiger partial charge in [0, 0.05) is 12.6 Å². The fourth-order valence-corrected chi connectivity index (χ4v) is 3.54. The highest BCUT2D eigenvalue weighted by molar-refractivity contribution is 7.89. The number of hydrogen-bond donors (Lipinski definition) is 3. The molecule has 9 nitrogen and oxygen atoms in total. The van der Waals surface area contributed by atoms with Gasteiger partial charge in [-0.15, -0.1) is 0 Å². The molecule has 0 saturated heterocycles. The molecule has 4 N–H and O–H groups in total. The van der Waals surface area contributed by atoms with Gasteiger partial charge < -0.3 is 10.4 Å². The average molecular weight is 357 g/mol. The van der Waals surface area contributed by atoms with Crippen LogP contribution in [0.3, 0.4) is 0 Å². The van der Waals surface area contributed by atoms with Crippen molar-refractivity contribution in [3.05, 3.63) is 28.3 Å². The molecule has 0 aliphatic heterocycles. The molecule has 2 rings (SSSR count). The summed E-state index contributed by atoms with van der Waals surface area (Å²) < 4.78 is 22.6. The topological polar surface area (TPSA) is 153 Å². The van der Waals surface area contributed by atoms with Gasteiger partial charge in [0.15, 0.2) is 0 Å². The predicted octanol–water partition coefficient (Wildman–Crippen LogP) is 1.55. The van der Waals surface area contributed by atoms with Gasteiger partial charge in [-0.25, -0.2) is 13.6 Å². The van der Waals surface area contributed by atoms with Crippen molar-refractivity contribution in [2.75, 3.05) is 11.9 Å². The van der Waals surface area contributed by atoms with Crippen molar-refractivity contribution < 1.29 is 23.2 Å². The SMILES string of the molecule is NS(=O)(=O)c1ccc(NC[C@@H]2CCCC[C@@H]2C(=O)O)c([N+](=O)[O-])c1. The first-order valence-corrected chi connectivity index (χ1v) is 9.02. The minimum Gasteiger partial charge on any atom is -0.481 e. The summed E-state index contributed by atoms with van der Waals surface area (Å²) in [6, 6.07) is 3.35. The zero-order valence-electron chi connectivity index (χ0n) is 12.8. The van der Waals surface area contributed by atoms with E-state index in [-0.39, 0.29) is 23.0 Å². The van der Waals surface area contributed by atoms with E-state index in [1.165, 1.54) is 12.1 Å². The fraction of sp³-hybridized carbons (Fsp3) is 0.500. The average Bonchev–Trinajstić information content (AvgIpc) is 2.51. The van der Waals surface area contributed by atoms with Crippen LogP contribution in [0.15, 0.2) is 23.1 Å². The summed E-state index contributed by atoms with van der Waals surface area (Å²) in [5.41, 5.74) is -0.272. The molecule has 1 aromatic rings. The fourth-order valence-electron chi connectivity index (χ4n) is 3.01. The largest absolute Gasteiger partial charge is 0.481 e. The molecule has 0 unspecified atom stereocenters. The number of carboxylic acid groups (broad SMARTS) is 1. The molecule has 10 heteroatoms. The lowest BCUT2D eigenvalue weighted by Gasteiger charge is -2.28. The maximum atomic E-state index is 11.3. The molecule has 0 radical (unpaired) electrons. The third kappa shape index (κ3) is 4.20. The number of nitro benzene ring substituents is 1. The van der Waals surface area contributed by atoms with Gasteiger partial charge in [0.05, 0.1) is 15.7 Å². The maximum Gasteiger partial charge on any atom is 0.306 e. The number of aliphatic carboxylic acids is 1. The molecular formula is C14H19N3O6S. The Hall–Kier alpha value is -2.20. The molecule has 1 aromatic carbocycles. The van der Waals surface area contributed by atoms with Crippen LogP contribution in [0, 0.1) is 22.0 Å². The van der Waals surface area contributed by atoms with Crippen LogP contribution >= 0.6 is 0 Å². The van der Waals surface area contributed by atoms with E-state index in [1.807, 2.05) is 0 Å². The number of nitrogens with two attached hydrogens (primary N) is 1. The second-order valence-electron chi connectivity index (χ2n) is 5.85. The summed E-state index contributed by atoms with van der Waals surface area (Å²) in [5, 5.41) is 28.3. The van der Waals surface area contributed by atoms with E-state index >= 15 is 0 Å². The van der Waals surface area contributed by atoms with Crippen LogP contribution in [0.4, 0.5) is 11.4 Å². The van der Waals surface area contributed by atoms with Crippen LogP contribution in [0.2, 0.25) is 0 Å². The second-order valence-corrected chi connectivity index (χ2v) is 7.41. The highest BCUT2D eigenvalue weighted by Crippen LogP contribution is 2.32. The van der Waals surface area contributed by atoms with Crippen LogP contribution in [-0.2, 0) is 14.8 Å². The molecule has 1 aliphatic carbocycles. The van der Waals surface area contributed by atoms with Gasteiger partial charge in [0.25, 0.3) is 5.69 Å². The number of sulfonamides is 1. The van der Waals surface area contributed by atoms with E-state index in [4.69, 9.17) is 5.14 Å². The first-order valence-electron chi connectivity index (χ1n) is 7.48. The number of nitro groups is 1. The van der Waals surface area contributed by atoms with E-state index in [1.54, 1.807) is 0 Å². The van der Waals surface area contributed by atoms with Gasteiger partial charge >= 0.3 is 5.97 Å². The van der Waals surface area contributed by atoms with Crippen molar-refractivity contribution in [2.45, 2.75) is 30.6 Å². The Morgan fingerprint density at radius 2 is 2.04 bits per heavy atom. The first kappa shape index (κ1) is 18.1. The predicted molar refractivity (Wildman–Crippen MR) is 86.0 cm³/mol. The molecule has 0 bridgehead atoms. The second kappa shape index (κ2) is 7.14. The summed E-state index contributed by atoms with van der Waals surface area (Å²) in [7, 11) is -4.04. The van der Waals surface area contributed by atoms with Crippen LogP contribution in [-0.4, -0.2) is 31.0 Å². The lowest BCUT2D eigenvalue weighted by molar-refractivity contribution is -0.384. The summed E-state index contributed by atoms with van der Waals surface area (Å²) in [5.74, 6) is -1.47. The number of nitrogens with zero attached hydrogens (tertiary/aromatic N) is 1. The van der Waals surface area contributed by atoms with E-state index < -0.39 is 32.5 Å². The number of nitrogens with one attached hydrogen (secondary N) is 1. The van der Waals surface area contributed by atoms with Crippen molar-refractivity contribution in [1.29, 1.82) is 0 Å². The Morgan fingerprint density at radius 1 is 1.38 bits per heavy atom. The van der Waals surface area contributed by atoms with E-state index in [0.717, 1.165) is 25.3 Å². The lowest BCUT2D eigenvalue weighted by Crippen LogP contribution is -2.31. The third-order valence-electron chi connectivity index (χ3n) is 4.28. The molecule has 0 amide bonds. The number of carbonyl (C=O) groups is 1. The Morgan fingerprint density at radius 3 is 2.62 bits per heavy atom. The molecule has 132 valence electrons. The first-order chi connectivity index (χ1) is 11.2. The Bertz CT molecular complexity index is 749. The van der Waals surface area contributed by atoms with Gasteiger partial charge in [-0.2, -0.15) is 0 Å². The zero-order valence-corrected chi connectivity index (χ0v) is 13.7. The smallest absolute Gasteiger partial charge is 0.306 e. The van der Waals surface area contributed by atoms with Crippen LogP contribution in [0.5, 0.6) is 0 Å². The summed E-state index contributed by atoms with van der Waals surface area (Å²) in [6.45, 7) is 0.270. The lowest BCUT2D eigenvalue weighted by atomic mass is 9.79. The van der Waals surface area contributed by atoms with Crippen LogP contribution < -0.4 is 10.5 Å². The molecule has 0 heterocycles. The Labute approximate surface area is 139 Å². The molecular weight excluding hydrogens is 338 g/mol. The van der Waals surface area contributed by atoms with Gasteiger partial charge in [0.1, 0.15) is 5.69 Å². The normalized spacial score (nSPS) is 21.2. The minimum atomic E-state index is -4.04. The minimum absolute atomic E-state index is 0.131. The number of primary sulfonamides is 1. The van der Waals surface area contributed by atoms with Crippen molar-refractivity contribution in [3.63, 3.8) is 0 Å². The molecule has 1 aliphatic rings. The molecule has 1 saturated carbocycles. The van der Waals surface area contributed by atoms with Crippen LogP contribution in [0.1, 0.15) is 25.7 Å². The molecule has 24 heavy (non-hydrogen) atoms. The molecule has 1 fully saturated rings. The summed E-state index contributed by atoms with van der Waals surface area (Å²) in [6.07, 6.45) is 3.10. The van der Waals surface area contributed by atoms with Gasteiger partial charge in [-0.3, -0.25) is 14.9 Å². The zero-order chi connectivity index (χ0) is 17.9. The van der Waals surface area contributed by atoms with E-state index in [9.17, 15) is 28.4 Å². The number of hydrogen-bond acceptors (Lipinski definition) is 6. The number of carboxylic acids is 1. The highest BCUT2D eigenvalue weighted by atomic mass is 32.2. The monoisotopic (exact) mass is 357 g/mol. The highest BCUT2D eigenvalue weighted by Gasteiger charge is 2.31. The maximum absolute atomic E-state index is 11.3. The van der Waals surface area contributed by atoms with Crippen molar-refractivity contribution >= 4 is 27.4 Å². The van der Waals surface area contributed by atoms with Gasteiger partial charge in [-0.1, -0.05) is 12.8 Å². The third-order valence-corrected chi connectivity index (χ3v) is 5.19.